The van der Waals surface area contributed by atoms with Gasteiger partial charge in [-0.3, -0.25) is 4.98 Å². The van der Waals surface area contributed by atoms with Crippen molar-refractivity contribution in [2.24, 2.45) is 0 Å². The molecule has 0 bridgehead atoms. The molecule has 1 aromatic carbocycles. The third-order valence-electron chi connectivity index (χ3n) is 3.79. The van der Waals surface area contributed by atoms with Crippen LogP contribution in [0.5, 0.6) is 0 Å². The molecule has 0 atom stereocenters. The van der Waals surface area contributed by atoms with Crippen LogP contribution in [-0.4, -0.2) is 32.0 Å². The predicted octanol–water partition coefficient (Wildman–Crippen LogP) is 3.71. The smallest absolute Gasteiger partial charge is 0.371 e. The average molecular weight is 359 g/mol. The standard InChI is InChI=1S/C16H12F3N7/c1-20-13-12-14(23-7-22-12)26-15(25-13)24-9-5-8-3-2-4-21-11(8)10(6-9)16(17,18)19/h2-7H,1H3,(H3,20,22,23,24,25,26). The van der Waals surface area contributed by atoms with Crippen molar-refractivity contribution >= 4 is 39.5 Å². The fourth-order valence-electron chi connectivity index (χ4n) is 2.68. The fraction of sp³-hybridized carbons (Fsp3) is 0.125. The van der Waals surface area contributed by atoms with E-state index in [1.807, 2.05) is 0 Å². The van der Waals surface area contributed by atoms with Gasteiger partial charge in [0.05, 0.1) is 17.4 Å². The highest BCUT2D eigenvalue weighted by atomic mass is 19.4. The molecule has 3 heterocycles. The van der Waals surface area contributed by atoms with Crippen molar-refractivity contribution in [2.45, 2.75) is 6.18 Å². The number of aromatic amines is 1. The van der Waals surface area contributed by atoms with Gasteiger partial charge in [0.2, 0.25) is 5.95 Å². The van der Waals surface area contributed by atoms with Crippen LogP contribution in [0.3, 0.4) is 0 Å². The Labute approximate surface area is 144 Å². The zero-order valence-electron chi connectivity index (χ0n) is 13.4. The van der Waals surface area contributed by atoms with Crippen LogP contribution in [-0.2, 0) is 6.18 Å². The van der Waals surface area contributed by atoms with Crippen molar-refractivity contribution in [2.75, 3.05) is 17.7 Å². The molecule has 0 saturated carbocycles. The number of halogens is 3. The first-order valence-corrected chi connectivity index (χ1v) is 7.57. The van der Waals surface area contributed by atoms with Gasteiger partial charge in [-0.05, 0) is 18.2 Å². The first-order valence-electron chi connectivity index (χ1n) is 7.57. The van der Waals surface area contributed by atoms with Gasteiger partial charge in [-0.25, -0.2) is 4.98 Å². The molecule has 0 aliphatic carbocycles. The Morgan fingerprint density at radius 3 is 2.73 bits per heavy atom. The molecule has 3 aromatic heterocycles. The Bertz CT molecular complexity index is 1100. The van der Waals surface area contributed by atoms with Gasteiger partial charge >= 0.3 is 6.18 Å². The minimum atomic E-state index is -4.53. The minimum absolute atomic E-state index is 0.106. The summed E-state index contributed by atoms with van der Waals surface area (Å²) in [5.41, 5.74) is 0.273. The number of fused-ring (bicyclic) bond motifs is 2. The third kappa shape index (κ3) is 2.75. The summed E-state index contributed by atoms with van der Waals surface area (Å²) in [5, 5.41) is 6.08. The van der Waals surface area contributed by atoms with Crippen LogP contribution in [0.15, 0.2) is 36.8 Å². The number of nitrogens with one attached hydrogen (secondary N) is 3. The van der Waals surface area contributed by atoms with E-state index in [1.54, 1.807) is 25.2 Å². The zero-order chi connectivity index (χ0) is 18.3. The molecule has 0 unspecified atom stereocenters. The number of H-pyrrole nitrogens is 1. The van der Waals surface area contributed by atoms with E-state index >= 15 is 0 Å². The summed E-state index contributed by atoms with van der Waals surface area (Å²) in [6.45, 7) is 0. The van der Waals surface area contributed by atoms with Gasteiger partial charge in [0.1, 0.15) is 5.52 Å². The van der Waals surface area contributed by atoms with Gasteiger partial charge in [-0.1, -0.05) is 6.07 Å². The number of benzene rings is 1. The highest BCUT2D eigenvalue weighted by Crippen LogP contribution is 2.36. The number of alkyl halides is 3. The molecule has 26 heavy (non-hydrogen) atoms. The number of hydrogen-bond donors (Lipinski definition) is 3. The predicted molar refractivity (Wildman–Crippen MR) is 91.3 cm³/mol. The van der Waals surface area contributed by atoms with Crippen LogP contribution in [0.4, 0.5) is 30.6 Å². The lowest BCUT2D eigenvalue weighted by Gasteiger charge is -2.13. The highest BCUT2D eigenvalue weighted by molar-refractivity contribution is 5.87. The largest absolute Gasteiger partial charge is 0.418 e. The molecule has 0 aliphatic heterocycles. The Kier molecular flexibility index (Phi) is 3.60. The molecule has 0 spiro atoms. The monoisotopic (exact) mass is 359 g/mol. The van der Waals surface area contributed by atoms with Crippen molar-refractivity contribution in [1.29, 1.82) is 0 Å². The number of imidazole rings is 1. The van der Waals surface area contributed by atoms with E-state index in [0.29, 0.717) is 22.4 Å². The molecule has 0 aliphatic rings. The van der Waals surface area contributed by atoms with Crippen LogP contribution in [0.25, 0.3) is 22.1 Å². The SMILES string of the molecule is CNc1nc(Nc2cc(C(F)(F)F)c3ncccc3c2)nc2nc[nH]c12. The van der Waals surface area contributed by atoms with Crippen molar-refractivity contribution in [1.82, 2.24) is 24.9 Å². The summed E-state index contributed by atoms with van der Waals surface area (Å²) < 4.78 is 40.2. The maximum Gasteiger partial charge on any atom is 0.418 e. The first kappa shape index (κ1) is 16.1. The lowest BCUT2D eigenvalue weighted by Crippen LogP contribution is -2.08. The van der Waals surface area contributed by atoms with Gasteiger partial charge in [-0.15, -0.1) is 0 Å². The zero-order valence-corrected chi connectivity index (χ0v) is 13.4. The van der Waals surface area contributed by atoms with E-state index in [0.717, 1.165) is 6.07 Å². The number of anilines is 3. The molecule has 0 fully saturated rings. The maximum atomic E-state index is 13.4. The first-order chi connectivity index (χ1) is 12.5. The van der Waals surface area contributed by atoms with Gasteiger partial charge in [-0.2, -0.15) is 23.1 Å². The number of pyridine rings is 1. The third-order valence-corrected chi connectivity index (χ3v) is 3.79. The van der Waals surface area contributed by atoms with Crippen molar-refractivity contribution in [3.63, 3.8) is 0 Å². The number of hydrogen-bond acceptors (Lipinski definition) is 6. The van der Waals surface area contributed by atoms with E-state index in [2.05, 4.69) is 35.6 Å². The molecule has 0 saturated heterocycles. The Balaban J connectivity index is 1.83. The molecule has 4 rings (SSSR count). The lowest BCUT2D eigenvalue weighted by atomic mass is 10.1. The highest BCUT2D eigenvalue weighted by Gasteiger charge is 2.33. The fourth-order valence-corrected chi connectivity index (χ4v) is 2.68. The quantitative estimate of drug-likeness (QED) is 0.517. The van der Waals surface area contributed by atoms with E-state index in [4.69, 9.17) is 0 Å². The molecular weight excluding hydrogens is 347 g/mol. The normalized spacial score (nSPS) is 11.8. The number of rotatable bonds is 3. The van der Waals surface area contributed by atoms with Gasteiger partial charge in [0, 0.05) is 24.3 Å². The minimum Gasteiger partial charge on any atom is -0.371 e. The molecule has 132 valence electrons. The average Bonchev–Trinajstić information content (AvgIpc) is 3.08. The second-order valence-corrected chi connectivity index (χ2v) is 5.47. The summed E-state index contributed by atoms with van der Waals surface area (Å²) in [5.74, 6) is 0.610. The number of aromatic nitrogens is 5. The molecular formula is C16H12F3N7. The van der Waals surface area contributed by atoms with E-state index in [1.165, 1.54) is 12.5 Å². The summed E-state index contributed by atoms with van der Waals surface area (Å²) >= 11 is 0. The lowest BCUT2D eigenvalue weighted by molar-refractivity contribution is -0.136. The molecule has 10 heteroatoms. The Morgan fingerprint density at radius 1 is 1.12 bits per heavy atom. The van der Waals surface area contributed by atoms with Crippen LogP contribution < -0.4 is 10.6 Å². The van der Waals surface area contributed by atoms with E-state index < -0.39 is 11.7 Å². The van der Waals surface area contributed by atoms with Crippen LogP contribution in [0.1, 0.15) is 5.56 Å². The molecule has 0 amide bonds. The van der Waals surface area contributed by atoms with Crippen molar-refractivity contribution < 1.29 is 13.2 Å². The summed E-state index contributed by atoms with van der Waals surface area (Å²) in [4.78, 5) is 19.3. The Morgan fingerprint density at radius 2 is 1.96 bits per heavy atom. The van der Waals surface area contributed by atoms with Gasteiger partial charge in [0.25, 0.3) is 0 Å². The molecule has 4 aromatic rings. The van der Waals surface area contributed by atoms with Crippen LogP contribution in [0, 0.1) is 0 Å². The Hall–Kier alpha value is -3.43. The van der Waals surface area contributed by atoms with Crippen molar-refractivity contribution in [3.05, 3.63) is 42.4 Å². The molecule has 7 nitrogen and oxygen atoms in total. The topological polar surface area (TPSA) is 91.4 Å². The van der Waals surface area contributed by atoms with E-state index in [9.17, 15) is 13.2 Å². The van der Waals surface area contributed by atoms with Crippen LogP contribution >= 0.6 is 0 Å². The second-order valence-electron chi connectivity index (χ2n) is 5.47. The second kappa shape index (κ2) is 5.83. The summed E-state index contributed by atoms with van der Waals surface area (Å²) in [7, 11) is 1.68. The van der Waals surface area contributed by atoms with Crippen LogP contribution in [0.2, 0.25) is 0 Å². The molecule has 0 radical (unpaired) electrons. The van der Waals surface area contributed by atoms with E-state index in [-0.39, 0.29) is 17.2 Å². The van der Waals surface area contributed by atoms with Gasteiger partial charge in [0.15, 0.2) is 11.5 Å². The molecule has 3 N–H and O–H groups in total. The number of nitrogens with zero attached hydrogens (tertiary/aromatic N) is 4. The maximum absolute atomic E-state index is 13.4. The van der Waals surface area contributed by atoms with Crippen molar-refractivity contribution in [3.8, 4) is 0 Å². The van der Waals surface area contributed by atoms with Gasteiger partial charge < -0.3 is 15.6 Å². The summed E-state index contributed by atoms with van der Waals surface area (Å²) in [6, 6.07) is 5.71. The summed E-state index contributed by atoms with van der Waals surface area (Å²) in [6.07, 6.45) is -1.74.